The molecule has 0 spiro atoms. The van der Waals surface area contributed by atoms with Gasteiger partial charge in [-0.3, -0.25) is 4.79 Å². The van der Waals surface area contributed by atoms with Gasteiger partial charge in [0.05, 0.1) is 0 Å². The van der Waals surface area contributed by atoms with Gasteiger partial charge in [0.1, 0.15) is 6.11 Å². The molecule has 0 fully saturated rings. The molecule has 0 atom stereocenters. The van der Waals surface area contributed by atoms with Crippen molar-refractivity contribution in [3.05, 3.63) is 0 Å². The average Bonchev–Trinajstić information content (AvgIpc) is 1.61. The van der Waals surface area contributed by atoms with Crippen LogP contribution in [-0.4, -0.2) is 5.97 Å². The van der Waals surface area contributed by atoms with Crippen LogP contribution in [0, 0.1) is 11.5 Å². The van der Waals surface area contributed by atoms with E-state index in [0.29, 0.717) is 0 Å². The van der Waals surface area contributed by atoms with Crippen LogP contribution in [0.15, 0.2) is 0 Å². The largest absolute Gasteiger partial charge is 0.371 e. The first kappa shape index (κ1) is 6.32. The van der Waals surface area contributed by atoms with E-state index in [-0.39, 0.29) is 0 Å². The Morgan fingerprint density at radius 2 is 2.43 bits per heavy atom. The molecular formula is C4H3ClO2. The molecule has 2 nitrogen and oxygen atoms in total. The number of hydrogen-bond donors (Lipinski definition) is 0. The van der Waals surface area contributed by atoms with Gasteiger partial charge in [0.15, 0.2) is 0 Å². The van der Waals surface area contributed by atoms with E-state index in [4.69, 9.17) is 11.6 Å². The van der Waals surface area contributed by atoms with Crippen LogP contribution in [0.4, 0.5) is 0 Å². The molecule has 0 aliphatic heterocycles. The molecule has 3 heteroatoms. The lowest BCUT2D eigenvalue weighted by molar-refractivity contribution is -0.134. The molecule has 0 amide bonds. The second-order valence-corrected chi connectivity index (χ2v) is 0.979. The molecule has 38 valence electrons. The Bertz CT molecular complexity index is 119. The van der Waals surface area contributed by atoms with E-state index in [2.05, 4.69) is 4.74 Å². The summed E-state index contributed by atoms with van der Waals surface area (Å²) in [5, 5.41) is 1.88. The first-order valence-corrected chi connectivity index (χ1v) is 1.93. The monoisotopic (exact) mass is 118 g/mol. The van der Waals surface area contributed by atoms with E-state index >= 15 is 0 Å². The minimum Gasteiger partial charge on any atom is -0.371 e. The number of rotatable bonds is 0. The van der Waals surface area contributed by atoms with Gasteiger partial charge < -0.3 is 4.74 Å². The summed E-state index contributed by atoms with van der Waals surface area (Å²) in [4.78, 5) is 9.82. The maximum Gasteiger partial charge on any atom is 0.316 e. The van der Waals surface area contributed by atoms with Crippen molar-refractivity contribution in [1.82, 2.24) is 0 Å². The molecular weight excluding hydrogens is 115 g/mol. The molecule has 0 N–H and O–H groups in total. The van der Waals surface area contributed by atoms with Crippen LogP contribution in [0.5, 0.6) is 0 Å². The summed E-state index contributed by atoms with van der Waals surface area (Å²) in [6.07, 6.45) is 1.91. The van der Waals surface area contributed by atoms with Gasteiger partial charge >= 0.3 is 5.97 Å². The van der Waals surface area contributed by atoms with Crippen molar-refractivity contribution in [1.29, 1.82) is 0 Å². The summed E-state index contributed by atoms with van der Waals surface area (Å²) in [7, 11) is 0. The van der Waals surface area contributed by atoms with Crippen molar-refractivity contribution in [2.24, 2.45) is 0 Å². The minimum absolute atomic E-state index is 0.451. The molecule has 0 aliphatic rings. The van der Waals surface area contributed by atoms with Crippen molar-refractivity contribution in [2.75, 3.05) is 0 Å². The second-order valence-electron chi connectivity index (χ2n) is 0.790. The third-order valence-corrected chi connectivity index (χ3v) is 0.310. The molecule has 0 saturated heterocycles. The lowest BCUT2D eigenvalue weighted by atomic mass is 10.8. The molecule has 0 saturated carbocycles. The predicted molar refractivity (Wildman–Crippen MR) is 25.4 cm³/mol. The van der Waals surface area contributed by atoms with Crippen molar-refractivity contribution >= 4 is 17.6 Å². The SMILES string of the molecule is CC(=O)OC#CCl. The second kappa shape index (κ2) is 3.51. The Kier molecular flexibility index (Phi) is 3.17. The quantitative estimate of drug-likeness (QED) is 0.346. The molecule has 0 radical (unpaired) electrons. The fourth-order valence-corrected chi connectivity index (χ4v) is 0.130. The van der Waals surface area contributed by atoms with Gasteiger partial charge in [0.2, 0.25) is 0 Å². The van der Waals surface area contributed by atoms with Gasteiger partial charge in [-0.25, -0.2) is 0 Å². The normalized spacial score (nSPS) is 6.00. The van der Waals surface area contributed by atoms with Gasteiger partial charge in [-0.15, -0.1) is 0 Å². The molecule has 7 heavy (non-hydrogen) atoms. The summed E-state index contributed by atoms with van der Waals surface area (Å²) in [6, 6.07) is 0. The van der Waals surface area contributed by atoms with Crippen LogP contribution >= 0.6 is 11.6 Å². The molecule has 0 aromatic carbocycles. The van der Waals surface area contributed by atoms with E-state index in [1.54, 1.807) is 0 Å². The highest BCUT2D eigenvalue weighted by Crippen LogP contribution is 1.70. The third kappa shape index (κ3) is 5.32. The van der Waals surface area contributed by atoms with E-state index in [0.717, 1.165) is 0 Å². The predicted octanol–water partition coefficient (Wildman–Crippen LogP) is 0.707. The topological polar surface area (TPSA) is 26.3 Å². The van der Waals surface area contributed by atoms with Crippen LogP contribution in [0.25, 0.3) is 0 Å². The van der Waals surface area contributed by atoms with Gasteiger partial charge in [-0.05, 0) is 11.6 Å². The number of carbonyl (C=O) groups excluding carboxylic acids is 1. The molecule has 0 bridgehead atoms. The Morgan fingerprint density at radius 3 is 2.57 bits per heavy atom. The number of ether oxygens (including phenoxy) is 1. The van der Waals surface area contributed by atoms with Crippen molar-refractivity contribution in [3.8, 4) is 11.5 Å². The van der Waals surface area contributed by atoms with Crippen LogP contribution < -0.4 is 0 Å². The molecule has 0 rings (SSSR count). The highest BCUT2D eigenvalue weighted by atomic mass is 35.5. The van der Waals surface area contributed by atoms with Crippen molar-refractivity contribution in [3.63, 3.8) is 0 Å². The van der Waals surface area contributed by atoms with Gasteiger partial charge in [-0.1, -0.05) is 0 Å². The van der Waals surface area contributed by atoms with Gasteiger partial charge in [-0.2, -0.15) is 0 Å². The summed E-state index contributed by atoms with van der Waals surface area (Å²) in [6.45, 7) is 1.25. The van der Waals surface area contributed by atoms with Gasteiger partial charge in [0, 0.05) is 12.3 Å². The lowest BCUT2D eigenvalue weighted by Gasteiger charge is -1.79. The Morgan fingerprint density at radius 1 is 1.86 bits per heavy atom. The van der Waals surface area contributed by atoms with Crippen LogP contribution in [0.3, 0.4) is 0 Å². The molecule has 0 heterocycles. The first-order valence-electron chi connectivity index (χ1n) is 1.55. The van der Waals surface area contributed by atoms with Crippen LogP contribution in [-0.2, 0) is 9.53 Å². The summed E-state index contributed by atoms with van der Waals surface area (Å²) in [5.74, 6) is -0.451. The zero-order valence-corrected chi connectivity index (χ0v) is 4.45. The van der Waals surface area contributed by atoms with Gasteiger partial charge in [0.25, 0.3) is 0 Å². The van der Waals surface area contributed by atoms with Crippen LogP contribution in [0.2, 0.25) is 0 Å². The molecule has 0 aromatic rings. The highest BCUT2D eigenvalue weighted by molar-refractivity contribution is 6.30. The number of hydrogen-bond acceptors (Lipinski definition) is 2. The molecule has 0 aromatic heterocycles. The van der Waals surface area contributed by atoms with E-state index in [1.165, 1.54) is 6.92 Å². The van der Waals surface area contributed by atoms with E-state index < -0.39 is 5.97 Å². The van der Waals surface area contributed by atoms with E-state index in [1.807, 2.05) is 11.5 Å². The van der Waals surface area contributed by atoms with E-state index in [9.17, 15) is 4.79 Å². The maximum absolute atomic E-state index is 9.82. The Balaban J connectivity index is 3.26. The van der Waals surface area contributed by atoms with Crippen LogP contribution in [0.1, 0.15) is 6.92 Å². The summed E-state index contributed by atoms with van der Waals surface area (Å²) >= 11 is 4.81. The lowest BCUT2D eigenvalue weighted by Crippen LogP contribution is -1.88. The number of esters is 1. The Hall–Kier alpha value is -0.680. The zero-order valence-electron chi connectivity index (χ0n) is 3.69. The Labute approximate surface area is 46.4 Å². The smallest absolute Gasteiger partial charge is 0.316 e. The number of halogens is 1. The summed E-state index contributed by atoms with van der Waals surface area (Å²) < 4.78 is 4.06. The molecule has 0 aliphatic carbocycles. The molecule has 0 unspecified atom stereocenters. The van der Waals surface area contributed by atoms with Crippen molar-refractivity contribution < 1.29 is 9.53 Å². The number of carbonyl (C=O) groups is 1. The third-order valence-electron chi connectivity index (χ3n) is 0.233. The zero-order chi connectivity index (χ0) is 5.70. The summed E-state index contributed by atoms with van der Waals surface area (Å²) in [5.41, 5.74) is 0. The minimum atomic E-state index is -0.451. The van der Waals surface area contributed by atoms with Crippen molar-refractivity contribution in [2.45, 2.75) is 6.92 Å². The standard InChI is InChI=1S/C4H3ClO2/c1-4(6)7-3-2-5/h1H3. The average molecular weight is 119 g/mol. The maximum atomic E-state index is 9.82. The fourth-order valence-electron chi connectivity index (χ4n) is 0.0912. The highest BCUT2D eigenvalue weighted by Gasteiger charge is 1.81. The first-order chi connectivity index (χ1) is 3.27. The fraction of sp³-hybridized carbons (Fsp3) is 0.250.